The van der Waals surface area contributed by atoms with Crippen molar-refractivity contribution in [3.05, 3.63) is 17.7 Å². The van der Waals surface area contributed by atoms with E-state index in [2.05, 4.69) is 21.4 Å². The SMILES string of the molecule is Cc1cnc(CC2CCN(C(=O)C3CCCCC3)C2)n1CC1CC1. The largest absolute Gasteiger partial charge is 0.342 e. The Hall–Kier alpha value is -1.32. The van der Waals surface area contributed by atoms with E-state index in [-0.39, 0.29) is 0 Å². The van der Waals surface area contributed by atoms with Crippen LogP contribution in [-0.4, -0.2) is 33.4 Å². The molecule has 1 unspecified atom stereocenters. The fourth-order valence-corrected chi connectivity index (χ4v) is 4.55. The van der Waals surface area contributed by atoms with Crippen LogP contribution < -0.4 is 0 Å². The minimum atomic E-state index is 0.316. The number of carbonyl (C=O) groups excluding carboxylic acids is 1. The Morgan fingerprint density at radius 3 is 2.67 bits per heavy atom. The summed E-state index contributed by atoms with van der Waals surface area (Å²) < 4.78 is 2.43. The summed E-state index contributed by atoms with van der Waals surface area (Å²) in [6.45, 7) is 5.23. The predicted octanol–water partition coefficient (Wildman–Crippen LogP) is 3.57. The molecule has 0 aromatic carbocycles. The number of nitrogens with zero attached hydrogens (tertiary/aromatic N) is 3. The zero-order valence-corrected chi connectivity index (χ0v) is 15.0. The summed E-state index contributed by atoms with van der Waals surface area (Å²) in [5, 5.41) is 0. The number of likely N-dealkylation sites (tertiary alicyclic amines) is 1. The molecule has 1 aromatic rings. The second-order valence-corrected chi connectivity index (χ2v) is 8.35. The third kappa shape index (κ3) is 3.52. The summed E-state index contributed by atoms with van der Waals surface area (Å²) in [5.41, 5.74) is 1.30. The third-order valence-corrected chi connectivity index (χ3v) is 6.30. The van der Waals surface area contributed by atoms with Gasteiger partial charge in [-0.1, -0.05) is 19.3 Å². The highest BCUT2D eigenvalue weighted by atomic mass is 16.2. The maximum Gasteiger partial charge on any atom is 0.225 e. The van der Waals surface area contributed by atoms with E-state index in [0.717, 1.165) is 51.2 Å². The van der Waals surface area contributed by atoms with Gasteiger partial charge in [0.25, 0.3) is 0 Å². The van der Waals surface area contributed by atoms with E-state index in [4.69, 9.17) is 0 Å². The number of amides is 1. The van der Waals surface area contributed by atoms with Crippen molar-refractivity contribution in [2.24, 2.45) is 17.8 Å². The van der Waals surface area contributed by atoms with Crippen LogP contribution in [0.15, 0.2) is 6.20 Å². The molecule has 3 fully saturated rings. The van der Waals surface area contributed by atoms with Crippen LogP contribution in [0.5, 0.6) is 0 Å². The van der Waals surface area contributed by atoms with E-state index >= 15 is 0 Å². The summed E-state index contributed by atoms with van der Waals surface area (Å²) in [4.78, 5) is 19.6. The molecule has 132 valence electrons. The van der Waals surface area contributed by atoms with Gasteiger partial charge >= 0.3 is 0 Å². The van der Waals surface area contributed by atoms with Gasteiger partial charge in [-0.05, 0) is 50.9 Å². The lowest BCUT2D eigenvalue weighted by Gasteiger charge is -2.26. The molecular formula is C20H31N3O. The lowest BCUT2D eigenvalue weighted by atomic mass is 9.88. The number of hydrogen-bond donors (Lipinski definition) is 0. The minimum Gasteiger partial charge on any atom is -0.342 e. The van der Waals surface area contributed by atoms with Gasteiger partial charge in [-0.3, -0.25) is 4.79 Å². The summed E-state index contributed by atoms with van der Waals surface area (Å²) in [7, 11) is 0. The van der Waals surface area contributed by atoms with Gasteiger partial charge in [0.2, 0.25) is 5.91 Å². The van der Waals surface area contributed by atoms with E-state index in [0.29, 0.717) is 17.7 Å². The van der Waals surface area contributed by atoms with Gasteiger partial charge in [0, 0.05) is 43.9 Å². The van der Waals surface area contributed by atoms with E-state index in [1.54, 1.807) is 0 Å². The summed E-state index contributed by atoms with van der Waals surface area (Å²) in [5.74, 6) is 3.48. The van der Waals surface area contributed by atoms with E-state index in [9.17, 15) is 4.79 Å². The average molecular weight is 329 g/mol. The van der Waals surface area contributed by atoms with Gasteiger partial charge in [0.15, 0.2) is 0 Å². The molecule has 1 aromatic heterocycles. The Labute approximate surface area is 145 Å². The fraction of sp³-hybridized carbons (Fsp3) is 0.800. The van der Waals surface area contributed by atoms with Gasteiger partial charge in [0.05, 0.1) is 0 Å². The van der Waals surface area contributed by atoms with E-state index < -0.39 is 0 Å². The molecule has 4 rings (SSSR count). The van der Waals surface area contributed by atoms with Crippen molar-refractivity contribution in [1.29, 1.82) is 0 Å². The lowest BCUT2D eigenvalue weighted by molar-refractivity contribution is -0.135. The predicted molar refractivity (Wildman–Crippen MR) is 94.7 cm³/mol. The third-order valence-electron chi connectivity index (χ3n) is 6.30. The standard InChI is InChI=1S/C20H31N3O/c1-15-12-21-19(23(15)14-16-7-8-16)11-17-9-10-22(13-17)20(24)18-5-3-2-4-6-18/h12,16-18H,2-11,13-14H2,1H3. The maximum atomic E-state index is 12.7. The minimum absolute atomic E-state index is 0.316. The number of aryl methyl sites for hydroxylation is 1. The molecule has 0 bridgehead atoms. The van der Waals surface area contributed by atoms with Crippen LogP contribution in [0.1, 0.15) is 62.9 Å². The zero-order valence-electron chi connectivity index (χ0n) is 15.0. The van der Waals surface area contributed by atoms with E-state index in [1.165, 1.54) is 43.6 Å². The average Bonchev–Trinajstić information content (AvgIpc) is 3.21. The van der Waals surface area contributed by atoms with Crippen LogP contribution in [0.25, 0.3) is 0 Å². The molecular weight excluding hydrogens is 298 g/mol. The molecule has 1 saturated heterocycles. The molecule has 1 atom stereocenters. The highest BCUT2D eigenvalue weighted by Crippen LogP contribution is 2.32. The van der Waals surface area contributed by atoms with Gasteiger partial charge in [-0.25, -0.2) is 4.98 Å². The van der Waals surface area contributed by atoms with Crippen molar-refractivity contribution in [2.45, 2.75) is 71.3 Å². The molecule has 3 aliphatic rings. The van der Waals surface area contributed by atoms with Crippen LogP contribution in [-0.2, 0) is 17.8 Å². The smallest absolute Gasteiger partial charge is 0.225 e. The van der Waals surface area contributed by atoms with E-state index in [1.807, 2.05) is 6.20 Å². The highest BCUT2D eigenvalue weighted by molar-refractivity contribution is 5.79. The number of aromatic nitrogens is 2. The van der Waals surface area contributed by atoms with Crippen LogP contribution >= 0.6 is 0 Å². The number of imidazole rings is 1. The topological polar surface area (TPSA) is 38.1 Å². The van der Waals surface area contributed by atoms with Crippen LogP contribution in [0.4, 0.5) is 0 Å². The lowest BCUT2D eigenvalue weighted by Crippen LogP contribution is -2.35. The molecule has 1 amide bonds. The van der Waals surface area contributed by atoms with Crippen LogP contribution in [0.2, 0.25) is 0 Å². The molecule has 24 heavy (non-hydrogen) atoms. The van der Waals surface area contributed by atoms with Crippen molar-refractivity contribution in [2.75, 3.05) is 13.1 Å². The fourth-order valence-electron chi connectivity index (χ4n) is 4.55. The van der Waals surface area contributed by atoms with Gasteiger partial charge < -0.3 is 9.47 Å². The number of carbonyl (C=O) groups is 1. The Morgan fingerprint density at radius 2 is 1.92 bits per heavy atom. The zero-order chi connectivity index (χ0) is 16.5. The first kappa shape index (κ1) is 16.2. The summed E-state index contributed by atoms with van der Waals surface area (Å²) >= 11 is 0. The summed E-state index contributed by atoms with van der Waals surface area (Å²) in [6.07, 6.45) is 13.0. The second kappa shape index (κ2) is 6.89. The molecule has 1 aliphatic heterocycles. The molecule has 2 heterocycles. The van der Waals surface area contributed by atoms with Gasteiger partial charge in [-0.15, -0.1) is 0 Å². The van der Waals surface area contributed by atoms with Gasteiger partial charge in [-0.2, -0.15) is 0 Å². The Balaban J connectivity index is 1.34. The van der Waals surface area contributed by atoms with Crippen molar-refractivity contribution in [3.63, 3.8) is 0 Å². The molecule has 2 aliphatic carbocycles. The number of rotatable bonds is 5. The molecule has 4 nitrogen and oxygen atoms in total. The summed E-state index contributed by atoms with van der Waals surface area (Å²) in [6, 6.07) is 0. The van der Waals surface area contributed by atoms with Crippen LogP contribution in [0.3, 0.4) is 0 Å². The monoisotopic (exact) mass is 329 g/mol. The normalized spacial score (nSPS) is 25.4. The van der Waals surface area contributed by atoms with Crippen molar-refractivity contribution >= 4 is 5.91 Å². The first-order valence-corrected chi connectivity index (χ1v) is 10.0. The molecule has 0 spiro atoms. The number of hydrogen-bond acceptors (Lipinski definition) is 2. The van der Waals surface area contributed by atoms with Gasteiger partial charge in [0.1, 0.15) is 5.82 Å². The Morgan fingerprint density at radius 1 is 1.12 bits per heavy atom. The highest BCUT2D eigenvalue weighted by Gasteiger charge is 2.32. The van der Waals surface area contributed by atoms with Crippen molar-refractivity contribution in [3.8, 4) is 0 Å². The quantitative estimate of drug-likeness (QED) is 0.828. The first-order valence-electron chi connectivity index (χ1n) is 10.0. The van der Waals surface area contributed by atoms with Crippen molar-refractivity contribution < 1.29 is 4.79 Å². The van der Waals surface area contributed by atoms with Crippen LogP contribution in [0, 0.1) is 24.7 Å². The first-order chi connectivity index (χ1) is 11.7. The Kier molecular flexibility index (Phi) is 4.64. The molecule has 4 heteroatoms. The Bertz CT molecular complexity index is 584. The second-order valence-electron chi connectivity index (χ2n) is 8.35. The molecule has 0 N–H and O–H groups in total. The van der Waals surface area contributed by atoms with Crippen molar-refractivity contribution in [1.82, 2.24) is 14.5 Å². The molecule has 0 radical (unpaired) electrons. The maximum absolute atomic E-state index is 12.7. The molecule has 2 saturated carbocycles.